The highest BCUT2D eigenvalue weighted by atomic mass is 35.5. The molecule has 0 bridgehead atoms. The van der Waals surface area contributed by atoms with E-state index in [-0.39, 0.29) is 17.9 Å². The van der Waals surface area contributed by atoms with Crippen LogP contribution >= 0.6 is 11.6 Å². The minimum absolute atomic E-state index is 0.0723. The van der Waals surface area contributed by atoms with Gasteiger partial charge in [0, 0.05) is 17.6 Å². The number of carbonyl (C=O) groups excluding carboxylic acids is 1. The molecule has 0 radical (unpaired) electrons. The second kappa shape index (κ2) is 5.71. The average molecular weight is 300 g/mol. The van der Waals surface area contributed by atoms with Gasteiger partial charge >= 0.3 is 0 Å². The van der Waals surface area contributed by atoms with Crippen molar-refractivity contribution in [3.05, 3.63) is 41.2 Å². The van der Waals surface area contributed by atoms with Crippen LogP contribution in [-0.4, -0.2) is 16.9 Å². The van der Waals surface area contributed by atoms with Gasteiger partial charge < -0.3 is 5.32 Å². The fourth-order valence-electron chi connectivity index (χ4n) is 2.87. The molecule has 1 N–H and O–H groups in total. The van der Waals surface area contributed by atoms with E-state index >= 15 is 0 Å². The highest BCUT2D eigenvalue weighted by Crippen LogP contribution is 2.27. The van der Waals surface area contributed by atoms with Gasteiger partial charge in [-0.25, -0.2) is 4.98 Å². The Hall–Kier alpha value is -2.12. The molecule has 106 valence electrons. The Labute approximate surface area is 127 Å². The summed E-state index contributed by atoms with van der Waals surface area (Å²) in [5, 5.41) is 14.0. The number of nitrogens with zero attached hydrogens (tertiary/aromatic N) is 2. The van der Waals surface area contributed by atoms with Gasteiger partial charge in [-0.1, -0.05) is 35.9 Å². The number of nitriles is 1. The zero-order valence-corrected chi connectivity index (χ0v) is 12.1. The third-order valence-corrected chi connectivity index (χ3v) is 4.29. The molecular weight excluding hydrogens is 286 g/mol. The molecule has 5 heteroatoms. The van der Waals surface area contributed by atoms with E-state index in [4.69, 9.17) is 16.9 Å². The van der Waals surface area contributed by atoms with Gasteiger partial charge in [0.1, 0.15) is 5.15 Å². The van der Waals surface area contributed by atoms with Crippen molar-refractivity contribution in [2.75, 3.05) is 0 Å². The molecule has 21 heavy (non-hydrogen) atoms. The largest absolute Gasteiger partial charge is 0.348 e. The van der Waals surface area contributed by atoms with Crippen LogP contribution in [0.3, 0.4) is 0 Å². The summed E-state index contributed by atoms with van der Waals surface area (Å²) in [5.74, 6) is -0.289. The SMILES string of the molecule is N#CC1CCCC1NC(=O)c1cnc(Cl)c2ccccc12. The third-order valence-electron chi connectivity index (χ3n) is 3.99. The molecule has 1 aromatic carbocycles. The van der Waals surface area contributed by atoms with Crippen LogP contribution < -0.4 is 5.32 Å². The van der Waals surface area contributed by atoms with E-state index in [1.54, 1.807) is 0 Å². The van der Waals surface area contributed by atoms with E-state index in [1.807, 2.05) is 24.3 Å². The van der Waals surface area contributed by atoms with Gasteiger partial charge in [-0.05, 0) is 24.6 Å². The number of halogens is 1. The van der Waals surface area contributed by atoms with E-state index in [0.717, 1.165) is 30.0 Å². The van der Waals surface area contributed by atoms with Crippen LogP contribution in [0.25, 0.3) is 10.8 Å². The molecule has 1 fully saturated rings. The molecule has 2 aromatic rings. The lowest BCUT2D eigenvalue weighted by Crippen LogP contribution is -2.37. The fourth-order valence-corrected chi connectivity index (χ4v) is 3.09. The number of nitrogens with one attached hydrogen (secondary N) is 1. The topological polar surface area (TPSA) is 65.8 Å². The smallest absolute Gasteiger partial charge is 0.253 e. The van der Waals surface area contributed by atoms with Gasteiger partial charge in [-0.3, -0.25) is 4.79 Å². The van der Waals surface area contributed by atoms with Crippen molar-refractivity contribution in [1.82, 2.24) is 10.3 Å². The molecule has 0 spiro atoms. The molecule has 0 aliphatic heterocycles. The summed E-state index contributed by atoms with van der Waals surface area (Å²) in [4.78, 5) is 16.6. The maximum atomic E-state index is 12.5. The van der Waals surface area contributed by atoms with E-state index < -0.39 is 0 Å². The number of hydrogen-bond acceptors (Lipinski definition) is 3. The number of fused-ring (bicyclic) bond motifs is 1. The molecule has 1 aromatic heterocycles. The molecule has 0 saturated heterocycles. The summed E-state index contributed by atoms with van der Waals surface area (Å²) < 4.78 is 0. The number of carbonyl (C=O) groups is 1. The van der Waals surface area contributed by atoms with Gasteiger partial charge in [0.2, 0.25) is 0 Å². The maximum absolute atomic E-state index is 12.5. The molecule has 2 atom stereocenters. The summed E-state index contributed by atoms with van der Waals surface area (Å²) in [6.45, 7) is 0. The summed E-state index contributed by atoms with van der Waals surface area (Å²) in [6.07, 6.45) is 4.17. The Balaban J connectivity index is 1.92. The van der Waals surface area contributed by atoms with Gasteiger partial charge in [0.15, 0.2) is 0 Å². The molecule has 1 heterocycles. The van der Waals surface area contributed by atoms with Crippen LogP contribution in [0.4, 0.5) is 0 Å². The highest BCUT2D eigenvalue weighted by Gasteiger charge is 2.29. The van der Waals surface area contributed by atoms with Crippen molar-refractivity contribution in [2.24, 2.45) is 5.92 Å². The van der Waals surface area contributed by atoms with Crippen LogP contribution in [0, 0.1) is 17.2 Å². The molecule has 1 amide bonds. The van der Waals surface area contributed by atoms with Crippen molar-refractivity contribution in [1.29, 1.82) is 5.26 Å². The van der Waals surface area contributed by atoms with Crippen molar-refractivity contribution < 1.29 is 4.79 Å². The fraction of sp³-hybridized carbons (Fsp3) is 0.312. The van der Waals surface area contributed by atoms with Gasteiger partial charge in [0.05, 0.1) is 17.6 Å². The normalized spacial score (nSPS) is 21.1. The Bertz CT molecular complexity index is 738. The van der Waals surface area contributed by atoms with Gasteiger partial charge in [-0.15, -0.1) is 0 Å². The zero-order valence-electron chi connectivity index (χ0n) is 11.3. The summed E-state index contributed by atoms with van der Waals surface area (Å²) in [5.41, 5.74) is 0.499. The average Bonchev–Trinajstić information content (AvgIpc) is 2.95. The number of hydrogen-bond donors (Lipinski definition) is 1. The van der Waals surface area contributed by atoms with Gasteiger partial charge in [0.25, 0.3) is 5.91 Å². The first-order valence-corrected chi connectivity index (χ1v) is 7.32. The van der Waals surface area contributed by atoms with Crippen LogP contribution in [0.15, 0.2) is 30.5 Å². The summed E-state index contributed by atoms with van der Waals surface area (Å²) in [7, 11) is 0. The molecule has 4 nitrogen and oxygen atoms in total. The standard InChI is InChI=1S/C16H14ClN3O/c17-15-12-6-2-1-5-11(12)13(9-19-15)16(21)20-14-7-3-4-10(14)8-18/h1-2,5-6,9-10,14H,3-4,7H2,(H,20,21). The first-order chi connectivity index (χ1) is 10.2. The third kappa shape index (κ3) is 2.57. The Morgan fingerprint density at radius 1 is 1.33 bits per heavy atom. The summed E-state index contributed by atoms with van der Waals surface area (Å²) in [6, 6.07) is 9.62. The van der Waals surface area contributed by atoms with Crippen LogP contribution in [-0.2, 0) is 0 Å². The van der Waals surface area contributed by atoms with E-state index in [1.165, 1.54) is 6.20 Å². The van der Waals surface area contributed by atoms with Crippen LogP contribution in [0.1, 0.15) is 29.6 Å². The number of aromatic nitrogens is 1. The quantitative estimate of drug-likeness (QED) is 0.865. The Kier molecular flexibility index (Phi) is 3.76. The molecule has 1 saturated carbocycles. The second-order valence-corrected chi connectivity index (χ2v) is 5.61. The van der Waals surface area contributed by atoms with Crippen LogP contribution in [0.5, 0.6) is 0 Å². The number of benzene rings is 1. The summed E-state index contributed by atoms with van der Waals surface area (Å²) >= 11 is 6.06. The predicted molar refractivity (Wildman–Crippen MR) is 81.0 cm³/mol. The van der Waals surface area contributed by atoms with Crippen molar-refractivity contribution in [2.45, 2.75) is 25.3 Å². The molecule has 2 unspecified atom stereocenters. The number of pyridine rings is 1. The molecule has 1 aliphatic carbocycles. The monoisotopic (exact) mass is 299 g/mol. The van der Waals surface area contributed by atoms with Crippen molar-refractivity contribution in [3.8, 4) is 6.07 Å². The molecule has 1 aliphatic rings. The maximum Gasteiger partial charge on any atom is 0.253 e. The van der Waals surface area contributed by atoms with E-state index in [0.29, 0.717) is 10.7 Å². The minimum atomic E-state index is -0.192. The lowest BCUT2D eigenvalue weighted by atomic mass is 10.0. The van der Waals surface area contributed by atoms with Crippen LogP contribution in [0.2, 0.25) is 5.15 Å². The van der Waals surface area contributed by atoms with E-state index in [9.17, 15) is 4.79 Å². The molecular formula is C16H14ClN3O. The highest BCUT2D eigenvalue weighted by molar-refractivity contribution is 6.34. The Morgan fingerprint density at radius 3 is 2.86 bits per heavy atom. The minimum Gasteiger partial charge on any atom is -0.348 e. The number of amides is 1. The Morgan fingerprint density at radius 2 is 2.10 bits per heavy atom. The lowest BCUT2D eigenvalue weighted by Gasteiger charge is -2.16. The first-order valence-electron chi connectivity index (χ1n) is 6.94. The van der Waals surface area contributed by atoms with E-state index in [2.05, 4.69) is 16.4 Å². The van der Waals surface area contributed by atoms with Crippen molar-refractivity contribution >= 4 is 28.3 Å². The van der Waals surface area contributed by atoms with Crippen molar-refractivity contribution in [3.63, 3.8) is 0 Å². The predicted octanol–water partition coefficient (Wildman–Crippen LogP) is 3.31. The zero-order chi connectivity index (χ0) is 14.8. The second-order valence-electron chi connectivity index (χ2n) is 5.25. The number of rotatable bonds is 2. The molecule has 3 rings (SSSR count). The lowest BCUT2D eigenvalue weighted by molar-refractivity contribution is 0.0934. The van der Waals surface area contributed by atoms with Gasteiger partial charge in [-0.2, -0.15) is 5.26 Å². The first kappa shape index (κ1) is 13.8.